The minimum absolute atomic E-state index is 0.0796. The smallest absolute Gasteiger partial charge is 0.162 e. The summed E-state index contributed by atoms with van der Waals surface area (Å²) in [6.07, 6.45) is 2.96. The Kier molecular flexibility index (Phi) is 4.37. The topological polar surface area (TPSA) is 62.3 Å². The van der Waals surface area contributed by atoms with Crippen LogP contribution < -0.4 is 0 Å². The molecular formula is C23H26N2O2. The first kappa shape index (κ1) is 17.9. The molecular weight excluding hydrogens is 336 g/mol. The average molecular weight is 362 g/mol. The average Bonchev–Trinajstić information content (AvgIpc) is 2.97. The van der Waals surface area contributed by atoms with Gasteiger partial charge in [-0.1, -0.05) is 26.0 Å². The third-order valence-electron chi connectivity index (χ3n) is 5.99. The van der Waals surface area contributed by atoms with Crippen LogP contribution in [-0.4, -0.2) is 28.8 Å². The Morgan fingerprint density at radius 1 is 1.22 bits per heavy atom. The molecule has 0 amide bonds. The van der Waals surface area contributed by atoms with Gasteiger partial charge >= 0.3 is 0 Å². The summed E-state index contributed by atoms with van der Waals surface area (Å²) >= 11 is 0. The fraction of sp³-hybridized carbons (Fsp3) is 0.435. The fourth-order valence-corrected chi connectivity index (χ4v) is 4.68. The standard InChI is InChI=1S/C23H26N2O2/c1-12(2)21-17(23(27)14(4)10-20(21)26)11-19-22-16(7-8-24-19)15-6-5-13(3)9-18(15)25-22/h5-6,9-10,12,17,21,25H,7-8,11H2,1-4H3. The van der Waals surface area contributed by atoms with Crippen LogP contribution in [0.15, 0.2) is 34.8 Å². The number of benzene rings is 1. The van der Waals surface area contributed by atoms with Crippen molar-refractivity contribution < 1.29 is 9.59 Å². The number of H-pyrrole nitrogens is 1. The normalized spacial score (nSPS) is 22.9. The summed E-state index contributed by atoms with van der Waals surface area (Å²) in [7, 11) is 0. The zero-order valence-corrected chi connectivity index (χ0v) is 16.4. The van der Waals surface area contributed by atoms with Crippen LogP contribution in [0, 0.1) is 24.7 Å². The number of nitrogens with zero attached hydrogens (tertiary/aromatic N) is 1. The third-order valence-corrected chi connectivity index (χ3v) is 5.99. The van der Waals surface area contributed by atoms with E-state index in [0.29, 0.717) is 12.0 Å². The van der Waals surface area contributed by atoms with Crippen LogP contribution >= 0.6 is 0 Å². The van der Waals surface area contributed by atoms with Crippen molar-refractivity contribution in [2.24, 2.45) is 22.7 Å². The Morgan fingerprint density at radius 2 is 2.00 bits per heavy atom. The van der Waals surface area contributed by atoms with Gasteiger partial charge in [-0.25, -0.2) is 0 Å². The second-order valence-corrected chi connectivity index (χ2v) is 8.28. The highest BCUT2D eigenvalue weighted by Crippen LogP contribution is 2.35. The van der Waals surface area contributed by atoms with Crippen LogP contribution in [-0.2, 0) is 16.0 Å². The molecule has 140 valence electrons. The second kappa shape index (κ2) is 6.59. The molecule has 4 heteroatoms. The van der Waals surface area contributed by atoms with Crippen molar-refractivity contribution in [1.29, 1.82) is 0 Å². The maximum atomic E-state index is 12.9. The molecule has 1 aliphatic heterocycles. The number of hydrogen-bond acceptors (Lipinski definition) is 3. The van der Waals surface area contributed by atoms with Gasteiger partial charge < -0.3 is 4.98 Å². The summed E-state index contributed by atoms with van der Waals surface area (Å²) in [5.41, 5.74) is 6.20. The van der Waals surface area contributed by atoms with Crippen LogP contribution in [0.3, 0.4) is 0 Å². The number of aliphatic imine (C=N–C) groups is 1. The van der Waals surface area contributed by atoms with E-state index in [0.717, 1.165) is 29.9 Å². The monoisotopic (exact) mass is 362 g/mol. The van der Waals surface area contributed by atoms with E-state index in [-0.39, 0.29) is 29.3 Å². The molecule has 0 spiro atoms. The molecule has 0 radical (unpaired) electrons. The minimum atomic E-state index is -0.319. The highest BCUT2D eigenvalue weighted by atomic mass is 16.1. The summed E-state index contributed by atoms with van der Waals surface area (Å²) in [6.45, 7) is 8.63. The lowest BCUT2D eigenvalue weighted by Gasteiger charge is -2.31. The molecule has 0 bridgehead atoms. The lowest BCUT2D eigenvalue weighted by atomic mass is 9.70. The van der Waals surface area contributed by atoms with Gasteiger partial charge in [-0.3, -0.25) is 14.6 Å². The van der Waals surface area contributed by atoms with E-state index in [9.17, 15) is 9.59 Å². The maximum Gasteiger partial charge on any atom is 0.162 e. The lowest BCUT2D eigenvalue weighted by Crippen LogP contribution is -2.39. The molecule has 2 heterocycles. The van der Waals surface area contributed by atoms with Gasteiger partial charge in [-0.2, -0.15) is 0 Å². The SMILES string of the molecule is CC1=CC(=O)C(C(C)C)C(CC2=NCCc3c2[nH]c2cc(C)ccc32)C1=O. The summed E-state index contributed by atoms with van der Waals surface area (Å²) in [5.74, 6) is -0.280. The van der Waals surface area contributed by atoms with Crippen LogP contribution in [0.5, 0.6) is 0 Å². The number of aromatic nitrogens is 1. The zero-order valence-electron chi connectivity index (χ0n) is 16.4. The fourth-order valence-electron chi connectivity index (χ4n) is 4.68. The largest absolute Gasteiger partial charge is 0.353 e. The summed E-state index contributed by atoms with van der Waals surface area (Å²) in [5, 5.41) is 1.24. The van der Waals surface area contributed by atoms with Gasteiger partial charge in [0, 0.05) is 35.7 Å². The predicted molar refractivity (Wildman–Crippen MR) is 108 cm³/mol. The molecule has 2 atom stereocenters. The van der Waals surface area contributed by atoms with Crippen molar-refractivity contribution in [3.8, 4) is 0 Å². The first-order valence-electron chi connectivity index (χ1n) is 9.78. The van der Waals surface area contributed by atoms with E-state index in [1.165, 1.54) is 22.6 Å². The molecule has 0 saturated carbocycles. The number of aryl methyl sites for hydroxylation is 1. The van der Waals surface area contributed by atoms with E-state index < -0.39 is 0 Å². The molecule has 1 aromatic carbocycles. The molecule has 0 saturated heterocycles. The number of nitrogens with one attached hydrogen (secondary N) is 1. The molecule has 4 rings (SSSR count). The number of Topliss-reactive ketones (excluding diaryl/α,β-unsaturated/α-hetero) is 1. The Hall–Kier alpha value is -2.49. The highest BCUT2D eigenvalue weighted by molar-refractivity contribution is 6.14. The molecule has 1 N–H and O–H groups in total. The molecule has 1 aromatic heterocycles. The first-order chi connectivity index (χ1) is 12.9. The molecule has 2 aromatic rings. The molecule has 2 aliphatic rings. The summed E-state index contributed by atoms with van der Waals surface area (Å²) in [4.78, 5) is 33.8. The van der Waals surface area contributed by atoms with E-state index in [1.807, 2.05) is 13.8 Å². The number of allylic oxidation sites excluding steroid dienone is 2. The number of carbonyl (C=O) groups excluding carboxylic acids is 2. The number of aromatic amines is 1. The molecule has 27 heavy (non-hydrogen) atoms. The van der Waals surface area contributed by atoms with Crippen molar-refractivity contribution in [3.63, 3.8) is 0 Å². The van der Waals surface area contributed by atoms with Gasteiger partial charge in [0.05, 0.1) is 11.4 Å². The lowest BCUT2D eigenvalue weighted by molar-refractivity contribution is -0.131. The number of ketones is 2. The number of hydrogen-bond donors (Lipinski definition) is 1. The van der Waals surface area contributed by atoms with Gasteiger partial charge in [-0.05, 0) is 55.0 Å². The number of rotatable bonds is 3. The Morgan fingerprint density at radius 3 is 2.74 bits per heavy atom. The maximum absolute atomic E-state index is 12.9. The third kappa shape index (κ3) is 2.97. The van der Waals surface area contributed by atoms with Crippen molar-refractivity contribution in [2.45, 2.75) is 40.5 Å². The van der Waals surface area contributed by atoms with Gasteiger partial charge in [0.1, 0.15) is 0 Å². The van der Waals surface area contributed by atoms with Gasteiger partial charge in [-0.15, -0.1) is 0 Å². The molecule has 1 aliphatic carbocycles. The summed E-state index contributed by atoms with van der Waals surface area (Å²) in [6, 6.07) is 6.46. The first-order valence-corrected chi connectivity index (χ1v) is 9.78. The van der Waals surface area contributed by atoms with Gasteiger partial charge in [0.25, 0.3) is 0 Å². The van der Waals surface area contributed by atoms with Crippen LogP contribution in [0.1, 0.15) is 44.0 Å². The second-order valence-electron chi connectivity index (χ2n) is 8.28. The van der Waals surface area contributed by atoms with Crippen LogP contribution in [0.4, 0.5) is 0 Å². The number of carbonyl (C=O) groups is 2. The predicted octanol–water partition coefficient (Wildman–Crippen LogP) is 4.20. The van der Waals surface area contributed by atoms with Gasteiger partial charge in [0.2, 0.25) is 0 Å². The van der Waals surface area contributed by atoms with Crippen LogP contribution in [0.25, 0.3) is 10.9 Å². The molecule has 4 nitrogen and oxygen atoms in total. The zero-order chi connectivity index (χ0) is 19.3. The quantitative estimate of drug-likeness (QED) is 0.889. The van der Waals surface area contributed by atoms with Gasteiger partial charge in [0.15, 0.2) is 11.6 Å². The Bertz CT molecular complexity index is 1010. The van der Waals surface area contributed by atoms with Crippen molar-refractivity contribution in [3.05, 3.63) is 46.7 Å². The van der Waals surface area contributed by atoms with E-state index in [4.69, 9.17) is 4.99 Å². The van der Waals surface area contributed by atoms with Crippen molar-refractivity contribution in [1.82, 2.24) is 4.98 Å². The molecule has 2 unspecified atom stereocenters. The van der Waals surface area contributed by atoms with E-state index >= 15 is 0 Å². The van der Waals surface area contributed by atoms with Crippen molar-refractivity contribution >= 4 is 28.2 Å². The van der Waals surface area contributed by atoms with E-state index in [2.05, 4.69) is 30.1 Å². The van der Waals surface area contributed by atoms with Crippen molar-refractivity contribution in [2.75, 3.05) is 6.54 Å². The Balaban J connectivity index is 1.74. The minimum Gasteiger partial charge on any atom is -0.353 e. The highest BCUT2D eigenvalue weighted by Gasteiger charge is 2.40. The number of fused-ring (bicyclic) bond motifs is 3. The Labute approximate surface area is 159 Å². The molecule has 0 fully saturated rings. The summed E-state index contributed by atoms with van der Waals surface area (Å²) < 4.78 is 0. The van der Waals surface area contributed by atoms with Crippen LogP contribution in [0.2, 0.25) is 0 Å². The van der Waals surface area contributed by atoms with E-state index in [1.54, 1.807) is 6.92 Å².